The van der Waals surface area contributed by atoms with Gasteiger partial charge in [-0.15, -0.1) is 5.10 Å². The number of hydrogen-bond donors (Lipinski definition) is 3. The molecule has 0 saturated carbocycles. The second-order valence-corrected chi connectivity index (χ2v) is 7.21. The monoisotopic (exact) mass is 390 g/mol. The molecule has 0 aliphatic rings. The summed E-state index contributed by atoms with van der Waals surface area (Å²) < 4.78 is 0. The number of hydrogen-bond acceptors (Lipinski definition) is 3. The summed E-state index contributed by atoms with van der Waals surface area (Å²) in [6.45, 7) is 3.56. The predicted molar refractivity (Wildman–Crippen MR) is 117 cm³/mol. The van der Waals surface area contributed by atoms with E-state index in [0.717, 1.165) is 41.3 Å². The standard InChI is InChI=1S/C23H27N5O/c1-17-9-10-19(21-11-12-25-27-21)15-22(17)26-23(29)8-3-4-13-28(2)16-18-6-5-7-20(24)14-18/h3-7,9-12,14-15H,8,13,16,24H2,1-2H3,(H,25,27)(H,26,29)/p+1/b4-3+. The Balaban J connectivity index is 1.49. The third-order valence-electron chi connectivity index (χ3n) is 4.65. The van der Waals surface area contributed by atoms with Crippen LogP contribution in [0.4, 0.5) is 11.4 Å². The molecule has 0 spiro atoms. The van der Waals surface area contributed by atoms with Crippen molar-refractivity contribution in [3.63, 3.8) is 0 Å². The SMILES string of the molecule is Cc1ccc(-c2cc[nH+][nH]2)cc1NC(=O)C/C=C/CN(C)Cc1cccc(N)c1. The van der Waals surface area contributed by atoms with Gasteiger partial charge in [-0.2, -0.15) is 5.10 Å². The first-order chi connectivity index (χ1) is 14.0. The smallest absolute Gasteiger partial charge is 0.228 e. The molecule has 0 unspecified atom stereocenters. The molecule has 0 atom stereocenters. The van der Waals surface area contributed by atoms with Crippen LogP contribution in [0.3, 0.4) is 0 Å². The zero-order valence-corrected chi connectivity index (χ0v) is 16.9. The molecule has 150 valence electrons. The van der Waals surface area contributed by atoms with Gasteiger partial charge in [-0.25, -0.2) is 0 Å². The van der Waals surface area contributed by atoms with E-state index in [4.69, 9.17) is 5.73 Å². The highest BCUT2D eigenvalue weighted by Gasteiger charge is 2.08. The van der Waals surface area contributed by atoms with Gasteiger partial charge in [0.05, 0.1) is 0 Å². The number of likely N-dealkylation sites (N-methyl/N-ethyl adjacent to an activating group) is 1. The number of carbonyl (C=O) groups excluding carboxylic acids is 1. The Labute approximate surface area is 171 Å². The fourth-order valence-electron chi connectivity index (χ4n) is 3.09. The zero-order valence-electron chi connectivity index (χ0n) is 16.9. The number of H-pyrrole nitrogens is 2. The van der Waals surface area contributed by atoms with Crippen LogP contribution in [0.25, 0.3) is 11.3 Å². The Morgan fingerprint density at radius 2 is 2.07 bits per heavy atom. The van der Waals surface area contributed by atoms with Gasteiger partial charge >= 0.3 is 0 Å². The maximum absolute atomic E-state index is 12.3. The summed E-state index contributed by atoms with van der Waals surface area (Å²) in [5, 5.41) is 9.00. The van der Waals surface area contributed by atoms with E-state index in [2.05, 4.69) is 26.5 Å². The molecule has 1 amide bonds. The lowest BCUT2D eigenvalue weighted by atomic mass is 10.1. The highest BCUT2D eigenvalue weighted by atomic mass is 16.1. The molecule has 2 aromatic carbocycles. The minimum atomic E-state index is -0.0296. The minimum Gasteiger partial charge on any atom is -0.399 e. The van der Waals surface area contributed by atoms with Crippen LogP contribution >= 0.6 is 0 Å². The number of anilines is 2. The van der Waals surface area contributed by atoms with Crippen molar-refractivity contribution in [1.29, 1.82) is 0 Å². The first-order valence-electron chi connectivity index (χ1n) is 9.65. The second kappa shape index (κ2) is 9.71. The average Bonchev–Trinajstić information content (AvgIpc) is 3.22. The highest BCUT2D eigenvalue weighted by molar-refractivity contribution is 5.93. The van der Waals surface area contributed by atoms with Crippen LogP contribution < -0.4 is 16.1 Å². The number of nitrogens with two attached hydrogens (primary N) is 1. The quantitative estimate of drug-likeness (QED) is 0.407. The molecule has 0 radical (unpaired) electrons. The molecule has 29 heavy (non-hydrogen) atoms. The van der Waals surface area contributed by atoms with Crippen molar-refractivity contribution in [2.75, 3.05) is 24.6 Å². The number of aryl methyl sites for hydroxylation is 1. The maximum atomic E-state index is 12.3. The van der Waals surface area contributed by atoms with E-state index in [1.807, 2.05) is 74.8 Å². The van der Waals surface area contributed by atoms with Crippen LogP contribution in [-0.4, -0.2) is 29.5 Å². The van der Waals surface area contributed by atoms with E-state index < -0.39 is 0 Å². The highest BCUT2D eigenvalue weighted by Crippen LogP contribution is 2.23. The van der Waals surface area contributed by atoms with E-state index >= 15 is 0 Å². The summed E-state index contributed by atoms with van der Waals surface area (Å²) in [6, 6.07) is 15.9. The molecule has 3 rings (SSSR count). The molecule has 0 bridgehead atoms. The summed E-state index contributed by atoms with van der Waals surface area (Å²) in [4.78, 5) is 14.5. The number of benzene rings is 2. The van der Waals surface area contributed by atoms with Crippen LogP contribution in [0, 0.1) is 6.92 Å². The van der Waals surface area contributed by atoms with Crippen molar-refractivity contribution >= 4 is 17.3 Å². The number of amides is 1. The Bertz CT molecular complexity index is 979. The first kappa shape index (κ1) is 20.4. The fourth-order valence-corrected chi connectivity index (χ4v) is 3.09. The van der Waals surface area contributed by atoms with E-state index in [-0.39, 0.29) is 5.91 Å². The second-order valence-electron chi connectivity index (χ2n) is 7.21. The van der Waals surface area contributed by atoms with Gasteiger partial charge in [-0.05, 0) is 43.3 Å². The van der Waals surface area contributed by atoms with Gasteiger partial charge in [0, 0.05) is 42.5 Å². The zero-order chi connectivity index (χ0) is 20.6. The molecule has 1 heterocycles. The summed E-state index contributed by atoms with van der Waals surface area (Å²) in [5.41, 5.74) is 11.6. The van der Waals surface area contributed by atoms with Crippen molar-refractivity contribution in [2.24, 2.45) is 0 Å². The van der Waals surface area contributed by atoms with E-state index in [1.165, 1.54) is 5.56 Å². The lowest BCUT2D eigenvalue weighted by molar-refractivity contribution is -0.448. The van der Waals surface area contributed by atoms with Gasteiger partial charge in [0.15, 0.2) is 6.20 Å². The number of nitrogens with zero attached hydrogens (tertiary/aromatic N) is 1. The van der Waals surface area contributed by atoms with Crippen molar-refractivity contribution < 1.29 is 9.89 Å². The summed E-state index contributed by atoms with van der Waals surface area (Å²) >= 11 is 0. The molecule has 1 aromatic heterocycles. The van der Waals surface area contributed by atoms with Crippen LogP contribution in [0.5, 0.6) is 0 Å². The lowest BCUT2D eigenvalue weighted by Gasteiger charge is -2.14. The number of rotatable bonds is 8. The largest absolute Gasteiger partial charge is 0.399 e. The topological polar surface area (TPSA) is 88.3 Å². The predicted octanol–water partition coefficient (Wildman–Crippen LogP) is 3.40. The van der Waals surface area contributed by atoms with Gasteiger partial charge in [-0.1, -0.05) is 36.4 Å². The maximum Gasteiger partial charge on any atom is 0.228 e. The van der Waals surface area contributed by atoms with Gasteiger partial charge in [0.25, 0.3) is 0 Å². The minimum absolute atomic E-state index is 0.0296. The van der Waals surface area contributed by atoms with Crippen LogP contribution in [-0.2, 0) is 11.3 Å². The molecule has 0 saturated heterocycles. The Hall–Kier alpha value is -3.38. The third-order valence-corrected chi connectivity index (χ3v) is 4.65. The van der Waals surface area contributed by atoms with Gasteiger partial charge < -0.3 is 11.1 Å². The van der Waals surface area contributed by atoms with E-state index in [0.29, 0.717) is 6.42 Å². The Kier molecular flexibility index (Phi) is 6.81. The number of nitrogens with one attached hydrogen (secondary N) is 3. The normalized spacial score (nSPS) is 11.3. The first-order valence-corrected chi connectivity index (χ1v) is 9.65. The summed E-state index contributed by atoms with van der Waals surface area (Å²) in [7, 11) is 2.04. The third kappa shape index (κ3) is 6.05. The Morgan fingerprint density at radius 1 is 1.21 bits per heavy atom. The lowest BCUT2D eigenvalue weighted by Crippen LogP contribution is -2.18. The summed E-state index contributed by atoms with van der Waals surface area (Å²) in [5.74, 6) is -0.0296. The van der Waals surface area contributed by atoms with E-state index in [1.54, 1.807) is 0 Å². The number of aromatic nitrogens is 2. The van der Waals surface area contributed by atoms with Crippen molar-refractivity contribution in [2.45, 2.75) is 19.9 Å². The fraction of sp³-hybridized carbons (Fsp3) is 0.217. The van der Waals surface area contributed by atoms with Crippen LogP contribution in [0.2, 0.25) is 0 Å². The molecule has 6 heteroatoms. The molecular weight excluding hydrogens is 362 g/mol. The average molecular weight is 391 g/mol. The van der Waals surface area contributed by atoms with Crippen molar-refractivity contribution in [3.8, 4) is 11.3 Å². The van der Waals surface area contributed by atoms with E-state index in [9.17, 15) is 4.79 Å². The Morgan fingerprint density at radius 3 is 2.83 bits per heavy atom. The molecule has 5 N–H and O–H groups in total. The van der Waals surface area contributed by atoms with Gasteiger partial charge in [0.2, 0.25) is 5.91 Å². The van der Waals surface area contributed by atoms with Crippen LogP contribution in [0.1, 0.15) is 17.5 Å². The molecule has 0 aliphatic carbocycles. The van der Waals surface area contributed by atoms with Gasteiger partial charge in [-0.3, -0.25) is 9.69 Å². The molecular formula is C23H28N5O+. The molecule has 0 aliphatic heterocycles. The number of nitrogen functional groups attached to an aromatic ring is 1. The van der Waals surface area contributed by atoms with Crippen molar-refractivity contribution in [1.82, 2.24) is 10.00 Å². The molecule has 0 fully saturated rings. The summed E-state index contributed by atoms with van der Waals surface area (Å²) in [6.07, 6.45) is 6.10. The molecule has 3 aromatic rings. The number of aromatic amines is 2. The molecule has 6 nitrogen and oxygen atoms in total. The van der Waals surface area contributed by atoms with Crippen molar-refractivity contribution in [3.05, 3.63) is 78.0 Å². The van der Waals surface area contributed by atoms with Gasteiger partial charge in [0.1, 0.15) is 5.69 Å². The van der Waals surface area contributed by atoms with Crippen LogP contribution in [0.15, 0.2) is 66.9 Å². The number of carbonyl (C=O) groups is 1.